The molecule has 200 valence electrons. The number of anilines is 2. The highest BCUT2D eigenvalue weighted by Crippen LogP contribution is 2.32. The average Bonchev–Trinajstić information content (AvgIpc) is 3.47. The molecule has 0 bridgehead atoms. The van der Waals surface area contributed by atoms with E-state index in [2.05, 4.69) is 25.5 Å². The Morgan fingerprint density at radius 1 is 1.08 bits per heavy atom. The van der Waals surface area contributed by atoms with Crippen LogP contribution in [0.3, 0.4) is 0 Å². The first kappa shape index (κ1) is 24.8. The van der Waals surface area contributed by atoms with Crippen LogP contribution in [0, 0.1) is 5.82 Å². The van der Waals surface area contributed by atoms with E-state index in [-0.39, 0.29) is 38.3 Å². The van der Waals surface area contributed by atoms with Gasteiger partial charge < -0.3 is 14.8 Å². The Morgan fingerprint density at radius 2 is 1.92 bits per heavy atom. The predicted octanol–water partition coefficient (Wildman–Crippen LogP) is 1.92. The first-order chi connectivity index (χ1) is 18.7. The van der Waals surface area contributed by atoms with E-state index < -0.39 is 17.2 Å². The summed E-state index contributed by atoms with van der Waals surface area (Å²) in [4.78, 5) is 35.0. The highest BCUT2D eigenvalue weighted by Gasteiger charge is 2.22. The summed E-state index contributed by atoms with van der Waals surface area (Å²) in [5.74, 6) is 0.0359. The fourth-order valence-electron chi connectivity index (χ4n) is 4.43. The quantitative estimate of drug-likeness (QED) is 0.334. The van der Waals surface area contributed by atoms with Gasteiger partial charge in [-0.15, -0.1) is 0 Å². The minimum absolute atomic E-state index is 0.0184. The number of rotatable bonds is 6. The van der Waals surface area contributed by atoms with Crippen molar-refractivity contribution in [1.82, 2.24) is 38.7 Å². The van der Waals surface area contributed by atoms with Crippen LogP contribution in [-0.2, 0) is 38.5 Å². The molecule has 6 rings (SSSR count). The lowest BCUT2D eigenvalue weighted by Crippen LogP contribution is -2.43. The van der Waals surface area contributed by atoms with Crippen molar-refractivity contribution < 1.29 is 13.9 Å². The van der Waals surface area contributed by atoms with Gasteiger partial charge in [-0.3, -0.25) is 13.9 Å². The second-order valence-electron chi connectivity index (χ2n) is 8.99. The lowest BCUT2D eigenvalue weighted by atomic mass is 10.1. The third-order valence-corrected chi connectivity index (χ3v) is 6.44. The summed E-state index contributed by atoms with van der Waals surface area (Å²) in [5.41, 5.74) is 0.400. The molecule has 3 aromatic heterocycles. The molecule has 0 radical (unpaired) electrons. The van der Waals surface area contributed by atoms with Crippen LogP contribution in [0.5, 0.6) is 5.75 Å². The molecule has 2 aromatic carbocycles. The van der Waals surface area contributed by atoms with E-state index in [9.17, 15) is 14.0 Å². The van der Waals surface area contributed by atoms with Crippen molar-refractivity contribution in [3.05, 3.63) is 85.5 Å². The topological polar surface area (TPSA) is 136 Å². The van der Waals surface area contributed by atoms with Crippen molar-refractivity contribution in [3.8, 4) is 5.75 Å². The number of nitrogens with zero attached hydrogens (tertiary/aromatic N) is 8. The number of hydrogen-bond acceptors (Lipinski definition) is 9. The summed E-state index contributed by atoms with van der Waals surface area (Å²) in [6.45, 7) is -0.240. The molecule has 0 saturated carbocycles. The summed E-state index contributed by atoms with van der Waals surface area (Å²) < 4.78 is 30.6. The zero-order valence-corrected chi connectivity index (χ0v) is 21.5. The Morgan fingerprint density at radius 3 is 2.72 bits per heavy atom. The molecule has 0 aliphatic carbocycles. The monoisotopic (exact) mass is 553 g/mol. The molecule has 1 aliphatic rings. The van der Waals surface area contributed by atoms with Crippen LogP contribution in [0.15, 0.2) is 46.4 Å². The van der Waals surface area contributed by atoms with E-state index in [0.717, 1.165) is 9.95 Å². The van der Waals surface area contributed by atoms with Gasteiger partial charge >= 0.3 is 11.4 Å². The summed E-state index contributed by atoms with van der Waals surface area (Å²) in [5, 5.41) is 12.6. The normalized spacial score (nSPS) is 12.9. The number of halogens is 2. The Labute approximate surface area is 224 Å². The fourth-order valence-corrected chi connectivity index (χ4v) is 4.64. The van der Waals surface area contributed by atoms with Crippen molar-refractivity contribution in [2.75, 3.05) is 12.1 Å². The highest BCUT2D eigenvalue weighted by atomic mass is 35.5. The van der Waals surface area contributed by atoms with Gasteiger partial charge in [0.2, 0.25) is 5.95 Å². The van der Waals surface area contributed by atoms with Gasteiger partial charge in [-0.05, 0) is 24.3 Å². The zero-order chi connectivity index (χ0) is 27.3. The van der Waals surface area contributed by atoms with E-state index in [0.29, 0.717) is 33.1 Å². The Bertz CT molecular complexity index is 1860. The molecule has 5 aromatic rings. The van der Waals surface area contributed by atoms with Crippen molar-refractivity contribution in [3.63, 3.8) is 0 Å². The molecule has 0 saturated heterocycles. The van der Waals surface area contributed by atoms with Gasteiger partial charge in [0.1, 0.15) is 17.9 Å². The molecule has 13 nitrogen and oxygen atoms in total. The fraction of sp³-hybridized carbons (Fsp3) is 0.250. The lowest BCUT2D eigenvalue weighted by molar-refractivity contribution is -0.0173. The van der Waals surface area contributed by atoms with Crippen molar-refractivity contribution in [2.45, 2.75) is 19.7 Å². The van der Waals surface area contributed by atoms with E-state index in [1.807, 2.05) is 0 Å². The van der Waals surface area contributed by atoms with Crippen LogP contribution in [0.4, 0.5) is 16.0 Å². The van der Waals surface area contributed by atoms with Crippen LogP contribution in [0.1, 0.15) is 17.0 Å². The Hall–Kier alpha value is -4.56. The second-order valence-corrected chi connectivity index (χ2v) is 9.40. The maximum absolute atomic E-state index is 14.5. The molecule has 0 amide bonds. The van der Waals surface area contributed by atoms with Gasteiger partial charge in [0.15, 0.2) is 12.6 Å². The number of fused-ring (bicyclic) bond motifs is 2. The minimum atomic E-state index is -0.823. The highest BCUT2D eigenvalue weighted by molar-refractivity contribution is 6.34. The van der Waals surface area contributed by atoms with E-state index in [1.54, 1.807) is 37.1 Å². The molecule has 0 atom stereocenters. The first-order valence-electron chi connectivity index (χ1n) is 11.7. The second kappa shape index (κ2) is 9.63. The molecule has 0 spiro atoms. The van der Waals surface area contributed by atoms with E-state index in [1.165, 1.54) is 27.7 Å². The number of benzene rings is 2. The third kappa shape index (κ3) is 4.75. The molecule has 4 heterocycles. The molecule has 1 aliphatic heterocycles. The van der Waals surface area contributed by atoms with E-state index >= 15 is 0 Å². The standard InChI is InChI=1S/C24H21ClFN9O4/c1-32-7-13-5-19(17(25)6-18(13)30-32)28-22-29-23(36)35(9-20-27-11-33(2)31-20)24(37)34(22)8-14-3-16(26)4-15-10-38-12-39-21(14)15/h3-7,11H,8-10,12H2,1-2H3,(H,28,29,36). The van der Waals surface area contributed by atoms with Gasteiger partial charge in [-0.25, -0.2) is 23.5 Å². The Kier molecular flexibility index (Phi) is 6.12. The predicted molar refractivity (Wildman–Crippen MR) is 138 cm³/mol. The van der Waals surface area contributed by atoms with Crippen LogP contribution in [-0.4, -0.2) is 45.5 Å². The number of nitrogens with one attached hydrogen (secondary N) is 1. The molecule has 0 unspecified atom stereocenters. The maximum Gasteiger partial charge on any atom is 0.355 e. The largest absolute Gasteiger partial charge is 0.467 e. The first-order valence-corrected chi connectivity index (χ1v) is 12.1. The van der Waals surface area contributed by atoms with Crippen LogP contribution >= 0.6 is 11.6 Å². The lowest BCUT2D eigenvalue weighted by Gasteiger charge is -2.22. The van der Waals surface area contributed by atoms with Gasteiger partial charge in [-0.1, -0.05) is 11.6 Å². The minimum Gasteiger partial charge on any atom is -0.467 e. The summed E-state index contributed by atoms with van der Waals surface area (Å²) in [6, 6.07) is 5.97. The van der Waals surface area contributed by atoms with Crippen molar-refractivity contribution in [2.24, 2.45) is 14.1 Å². The molecular formula is C24H21ClFN9O4. The van der Waals surface area contributed by atoms with Crippen LogP contribution in [0.25, 0.3) is 10.9 Å². The smallest absolute Gasteiger partial charge is 0.355 e. The number of aryl methyl sites for hydroxylation is 2. The van der Waals surface area contributed by atoms with Crippen molar-refractivity contribution >= 4 is 34.1 Å². The van der Waals surface area contributed by atoms with Gasteiger partial charge in [-0.2, -0.15) is 15.2 Å². The zero-order valence-electron chi connectivity index (χ0n) is 20.8. The molecule has 1 N–H and O–H groups in total. The molecular weight excluding hydrogens is 533 g/mol. The molecule has 0 fully saturated rings. The summed E-state index contributed by atoms with van der Waals surface area (Å²) in [7, 11) is 3.45. The number of hydrogen-bond donors (Lipinski definition) is 1. The average molecular weight is 554 g/mol. The molecule has 15 heteroatoms. The van der Waals surface area contributed by atoms with Crippen LogP contribution in [0.2, 0.25) is 5.02 Å². The number of ether oxygens (including phenoxy) is 2. The number of aromatic nitrogens is 8. The summed E-state index contributed by atoms with van der Waals surface area (Å²) in [6.07, 6.45) is 3.25. The van der Waals surface area contributed by atoms with Crippen molar-refractivity contribution in [1.29, 1.82) is 0 Å². The maximum atomic E-state index is 14.5. The van der Waals surface area contributed by atoms with Crippen LogP contribution < -0.4 is 21.4 Å². The molecule has 39 heavy (non-hydrogen) atoms. The van der Waals surface area contributed by atoms with Gasteiger partial charge in [0.05, 0.1) is 35.9 Å². The third-order valence-electron chi connectivity index (χ3n) is 6.13. The van der Waals surface area contributed by atoms with E-state index in [4.69, 9.17) is 21.1 Å². The summed E-state index contributed by atoms with van der Waals surface area (Å²) >= 11 is 6.50. The van der Waals surface area contributed by atoms with Gasteiger partial charge in [0.25, 0.3) is 0 Å². The van der Waals surface area contributed by atoms with Gasteiger partial charge in [0, 0.05) is 36.8 Å². The Balaban J connectivity index is 1.49. The SMILES string of the molecule is Cn1cnc(Cn2c(=O)nc(Nc3cc4cn(C)nc4cc3Cl)n(Cc3cc(F)cc4c3OCOC4)c2=O)n1.